The van der Waals surface area contributed by atoms with Crippen LogP contribution in [-0.2, 0) is 0 Å². The van der Waals surface area contributed by atoms with Gasteiger partial charge in [-0.3, -0.25) is 0 Å². The molecule has 5 rings (SSSR count). The number of alkyl halides is 2. The Bertz CT molecular complexity index is 1440. The molecule has 0 spiro atoms. The van der Waals surface area contributed by atoms with Gasteiger partial charge in [0.25, 0.3) is 12.2 Å². The van der Waals surface area contributed by atoms with Gasteiger partial charge in [-0.05, 0) is 42.3 Å². The third-order valence-electron chi connectivity index (χ3n) is 5.41. The molecule has 0 aliphatic carbocycles. The Morgan fingerprint density at radius 3 is 2.47 bits per heavy atom. The smallest absolute Gasteiger partial charge is 0.263 e. The van der Waals surface area contributed by atoms with Gasteiger partial charge in [0.05, 0.1) is 5.39 Å². The standard InChI is InChI=1S/C23H19F2N7/c1-13-29-30-23-28-21(18-10-11-19(26)27-22(18)32(13)23)31(2)17-5-3-4-16(12-17)14-6-8-15(9-7-14)20(24)25/h3-12,20H,1-2H3,(H2,26,27). The van der Waals surface area contributed by atoms with Crippen LogP contribution in [0, 0.1) is 6.92 Å². The molecule has 0 bridgehead atoms. The number of hydrogen-bond acceptors (Lipinski definition) is 6. The SMILES string of the molecule is Cc1nnc2nc(N(C)c3cccc(-c4ccc(C(F)F)cc4)c3)c3ccc(N)nc3n12. The fraction of sp³-hybridized carbons (Fsp3) is 0.130. The van der Waals surface area contributed by atoms with E-state index < -0.39 is 6.43 Å². The minimum Gasteiger partial charge on any atom is -0.384 e. The molecule has 0 saturated carbocycles. The van der Waals surface area contributed by atoms with Crippen LogP contribution in [0.3, 0.4) is 0 Å². The highest BCUT2D eigenvalue weighted by Crippen LogP contribution is 2.33. The zero-order valence-electron chi connectivity index (χ0n) is 17.4. The van der Waals surface area contributed by atoms with Crippen molar-refractivity contribution >= 4 is 34.1 Å². The lowest BCUT2D eigenvalue weighted by Gasteiger charge is -2.21. The molecule has 5 aromatic rings. The summed E-state index contributed by atoms with van der Waals surface area (Å²) in [4.78, 5) is 11.1. The fourth-order valence-corrected chi connectivity index (χ4v) is 3.73. The van der Waals surface area contributed by atoms with Gasteiger partial charge in [-0.25, -0.2) is 18.2 Å². The van der Waals surface area contributed by atoms with E-state index in [1.165, 1.54) is 12.1 Å². The molecule has 0 aliphatic heterocycles. The Hall–Kier alpha value is -4.14. The normalized spacial score (nSPS) is 11.5. The summed E-state index contributed by atoms with van der Waals surface area (Å²) in [6.45, 7) is 1.83. The monoisotopic (exact) mass is 431 g/mol. The number of pyridine rings is 1. The highest BCUT2D eigenvalue weighted by atomic mass is 19.3. The molecule has 0 atom stereocenters. The summed E-state index contributed by atoms with van der Waals surface area (Å²) >= 11 is 0. The van der Waals surface area contributed by atoms with Crippen LogP contribution < -0.4 is 10.6 Å². The van der Waals surface area contributed by atoms with Crippen molar-refractivity contribution in [1.82, 2.24) is 24.6 Å². The first-order chi connectivity index (χ1) is 15.4. The second kappa shape index (κ2) is 7.52. The van der Waals surface area contributed by atoms with Crippen molar-refractivity contribution in [2.75, 3.05) is 17.7 Å². The zero-order valence-corrected chi connectivity index (χ0v) is 17.4. The molecule has 0 radical (unpaired) electrons. The maximum Gasteiger partial charge on any atom is 0.263 e. The molecule has 0 amide bonds. The summed E-state index contributed by atoms with van der Waals surface area (Å²) in [7, 11) is 1.90. The summed E-state index contributed by atoms with van der Waals surface area (Å²) in [5.41, 5.74) is 9.18. The van der Waals surface area contributed by atoms with E-state index in [4.69, 9.17) is 10.7 Å². The van der Waals surface area contributed by atoms with Gasteiger partial charge < -0.3 is 10.6 Å². The highest BCUT2D eigenvalue weighted by Gasteiger charge is 2.18. The molecule has 0 aliphatic rings. The van der Waals surface area contributed by atoms with Crippen LogP contribution >= 0.6 is 0 Å². The maximum absolute atomic E-state index is 12.9. The molecular weight excluding hydrogens is 412 g/mol. The van der Waals surface area contributed by atoms with Crippen molar-refractivity contribution in [2.45, 2.75) is 13.3 Å². The van der Waals surface area contributed by atoms with Crippen LogP contribution in [0.15, 0.2) is 60.7 Å². The fourth-order valence-electron chi connectivity index (χ4n) is 3.73. The number of nitrogens with zero attached hydrogens (tertiary/aromatic N) is 6. The van der Waals surface area contributed by atoms with Crippen molar-refractivity contribution in [1.29, 1.82) is 0 Å². The van der Waals surface area contributed by atoms with Crippen LogP contribution in [-0.4, -0.2) is 31.6 Å². The van der Waals surface area contributed by atoms with Crippen LogP contribution in [0.2, 0.25) is 0 Å². The van der Waals surface area contributed by atoms with Crippen LogP contribution in [0.4, 0.5) is 26.1 Å². The highest BCUT2D eigenvalue weighted by molar-refractivity contribution is 5.92. The number of benzene rings is 2. The van der Waals surface area contributed by atoms with Crippen LogP contribution in [0.25, 0.3) is 27.9 Å². The largest absolute Gasteiger partial charge is 0.384 e. The third kappa shape index (κ3) is 3.27. The Morgan fingerprint density at radius 1 is 0.938 bits per heavy atom. The van der Waals surface area contributed by atoms with E-state index in [0.29, 0.717) is 28.9 Å². The van der Waals surface area contributed by atoms with Gasteiger partial charge in [0.15, 0.2) is 5.65 Å². The van der Waals surface area contributed by atoms with Crippen LogP contribution in [0.1, 0.15) is 17.8 Å². The molecular formula is C23H19F2N7. The van der Waals surface area contributed by atoms with Gasteiger partial charge >= 0.3 is 0 Å². The number of nitrogens with two attached hydrogens (primary N) is 1. The molecule has 160 valence electrons. The van der Waals surface area contributed by atoms with Crippen molar-refractivity contribution in [2.24, 2.45) is 0 Å². The summed E-state index contributed by atoms with van der Waals surface area (Å²) in [5, 5.41) is 9.07. The number of halogens is 2. The van der Waals surface area contributed by atoms with Gasteiger partial charge in [0.1, 0.15) is 17.5 Å². The number of aromatic nitrogens is 5. The number of rotatable bonds is 4. The minimum absolute atomic E-state index is 0.00127. The van der Waals surface area contributed by atoms with Gasteiger partial charge in [0, 0.05) is 18.3 Å². The van der Waals surface area contributed by atoms with E-state index in [-0.39, 0.29) is 5.56 Å². The van der Waals surface area contributed by atoms with Gasteiger partial charge in [0.2, 0.25) is 0 Å². The Kier molecular flexibility index (Phi) is 4.66. The number of hydrogen-bond donors (Lipinski definition) is 1. The minimum atomic E-state index is -2.49. The van der Waals surface area contributed by atoms with E-state index in [1.807, 2.05) is 49.2 Å². The van der Waals surface area contributed by atoms with Crippen molar-refractivity contribution in [3.8, 4) is 11.1 Å². The number of aryl methyl sites for hydroxylation is 1. The molecule has 32 heavy (non-hydrogen) atoms. The first-order valence-corrected chi connectivity index (χ1v) is 9.92. The predicted molar refractivity (Wildman–Crippen MR) is 120 cm³/mol. The van der Waals surface area contributed by atoms with Gasteiger partial charge in [-0.1, -0.05) is 36.4 Å². The second-order valence-electron chi connectivity index (χ2n) is 7.46. The summed E-state index contributed by atoms with van der Waals surface area (Å²) < 4.78 is 27.5. The molecule has 7 nitrogen and oxygen atoms in total. The Labute approximate surface area is 182 Å². The second-order valence-corrected chi connectivity index (χ2v) is 7.46. The van der Waals surface area contributed by atoms with Crippen molar-refractivity contribution < 1.29 is 8.78 Å². The predicted octanol–water partition coefficient (Wildman–Crippen LogP) is 4.94. The van der Waals surface area contributed by atoms with Gasteiger partial charge in [-0.15, -0.1) is 10.2 Å². The number of fused-ring (bicyclic) bond motifs is 3. The maximum atomic E-state index is 12.9. The molecule has 0 unspecified atom stereocenters. The molecule has 3 heterocycles. The topological polar surface area (TPSA) is 85.2 Å². The average molecular weight is 431 g/mol. The lowest BCUT2D eigenvalue weighted by atomic mass is 10.0. The summed E-state index contributed by atoms with van der Waals surface area (Å²) in [6.07, 6.45) is -2.49. The molecule has 0 fully saturated rings. The number of nitrogen functional groups attached to an aromatic ring is 1. The van der Waals surface area contributed by atoms with E-state index >= 15 is 0 Å². The van der Waals surface area contributed by atoms with E-state index in [9.17, 15) is 8.78 Å². The zero-order chi connectivity index (χ0) is 22.4. The van der Waals surface area contributed by atoms with Crippen molar-refractivity contribution in [3.63, 3.8) is 0 Å². The van der Waals surface area contributed by atoms with Gasteiger partial charge in [-0.2, -0.15) is 4.98 Å². The average Bonchev–Trinajstić information content (AvgIpc) is 3.19. The van der Waals surface area contributed by atoms with E-state index in [2.05, 4.69) is 15.2 Å². The lowest BCUT2D eigenvalue weighted by molar-refractivity contribution is 0.151. The Balaban J connectivity index is 1.61. The first-order valence-electron chi connectivity index (χ1n) is 9.92. The molecule has 0 saturated heterocycles. The lowest BCUT2D eigenvalue weighted by Crippen LogP contribution is -2.14. The van der Waals surface area contributed by atoms with Crippen molar-refractivity contribution in [3.05, 3.63) is 72.1 Å². The summed E-state index contributed by atoms with van der Waals surface area (Å²) in [5.74, 6) is 2.13. The third-order valence-corrected chi connectivity index (χ3v) is 5.41. The van der Waals surface area contributed by atoms with E-state index in [1.54, 1.807) is 22.6 Å². The Morgan fingerprint density at radius 2 is 1.72 bits per heavy atom. The van der Waals surface area contributed by atoms with E-state index in [0.717, 1.165) is 22.2 Å². The quantitative estimate of drug-likeness (QED) is 0.434. The number of anilines is 3. The molecule has 2 N–H and O–H groups in total. The molecule has 2 aromatic carbocycles. The first kappa shape index (κ1) is 19.8. The molecule has 9 heteroatoms. The molecule has 3 aromatic heterocycles. The van der Waals surface area contributed by atoms with Crippen LogP contribution in [0.5, 0.6) is 0 Å². The summed E-state index contributed by atoms with van der Waals surface area (Å²) in [6, 6.07) is 17.7.